The summed E-state index contributed by atoms with van der Waals surface area (Å²) in [4.78, 5) is 12.1. The van der Waals surface area contributed by atoms with Gasteiger partial charge in [0.1, 0.15) is 0 Å². The summed E-state index contributed by atoms with van der Waals surface area (Å²) >= 11 is 0. The van der Waals surface area contributed by atoms with E-state index in [9.17, 15) is 13.2 Å². The second-order valence-corrected chi connectivity index (χ2v) is 7.23. The van der Waals surface area contributed by atoms with Crippen LogP contribution in [0.1, 0.15) is 49.0 Å². The van der Waals surface area contributed by atoms with E-state index in [4.69, 9.17) is 0 Å². The highest BCUT2D eigenvalue weighted by molar-refractivity contribution is 7.92. The van der Waals surface area contributed by atoms with Crippen molar-refractivity contribution in [2.45, 2.75) is 43.3 Å². The van der Waals surface area contributed by atoms with E-state index in [0.717, 1.165) is 5.56 Å². The number of carbonyl (C=O) groups is 1. The molecule has 0 saturated carbocycles. The number of ketones is 1. The van der Waals surface area contributed by atoms with Gasteiger partial charge in [-0.3, -0.25) is 4.79 Å². The molecule has 1 atom stereocenters. The number of hydrogen-bond acceptors (Lipinski definition) is 3. The zero-order valence-corrected chi connectivity index (χ0v) is 11.0. The fourth-order valence-electron chi connectivity index (χ4n) is 2.07. The Balaban J connectivity index is 2.67. The monoisotopic (exact) mass is 252 g/mol. The SMILES string of the molecule is CC(C)c1ccc2c(c1)C(=O)CC(C)S2(=O)=O. The average molecular weight is 252 g/mol. The van der Waals surface area contributed by atoms with E-state index in [1.807, 2.05) is 13.8 Å². The molecule has 3 nitrogen and oxygen atoms in total. The summed E-state index contributed by atoms with van der Waals surface area (Å²) in [5, 5.41) is -0.604. The van der Waals surface area contributed by atoms with Crippen molar-refractivity contribution in [3.8, 4) is 0 Å². The van der Waals surface area contributed by atoms with Gasteiger partial charge in [0, 0.05) is 12.0 Å². The van der Waals surface area contributed by atoms with E-state index in [2.05, 4.69) is 0 Å². The summed E-state index contributed by atoms with van der Waals surface area (Å²) in [5.41, 5.74) is 1.37. The molecule has 2 rings (SSSR count). The summed E-state index contributed by atoms with van der Waals surface area (Å²) in [6, 6.07) is 5.10. The van der Waals surface area contributed by atoms with Gasteiger partial charge in [-0.1, -0.05) is 19.9 Å². The van der Waals surface area contributed by atoms with Crippen LogP contribution in [-0.4, -0.2) is 19.5 Å². The minimum atomic E-state index is -3.32. The van der Waals surface area contributed by atoms with Gasteiger partial charge in [-0.25, -0.2) is 8.42 Å². The van der Waals surface area contributed by atoms with Gasteiger partial charge in [0.15, 0.2) is 15.6 Å². The zero-order valence-electron chi connectivity index (χ0n) is 10.2. The maximum atomic E-state index is 12.1. The van der Waals surface area contributed by atoms with Crippen molar-refractivity contribution in [2.75, 3.05) is 0 Å². The van der Waals surface area contributed by atoms with E-state index >= 15 is 0 Å². The maximum absolute atomic E-state index is 12.1. The quantitative estimate of drug-likeness (QED) is 0.771. The minimum Gasteiger partial charge on any atom is -0.294 e. The molecule has 4 heteroatoms. The molecular formula is C13H16O3S. The van der Waals surface area contributed by atoms with Crippen molar-refractivity contribution in [2.24, 2.45) is 0 Å². The lowest BCUT2D eigenvalue weighted by Gasteiger charge is -2.22. The molecule has 0 aliphatic carbocycles. The molecule has 1 heterocycles. The number of hydrogen-bond donors (Lipinski definition) is 0. The first-order valence-electron chi connectivity index (χ1n) is 5.75. The first-order chi connectivity index (χ1) is 7.84. The van der Waals surface area contributed by atoms with Crippen molar-refractivity contribution < 1.29 is 13.2 Å². The van der Waals surface area contributed by atoms with Crippen LogP contribution >= 0.6 is 0 Å². The normalized spacial score (nSPS) is 22.6. The van der Waals surface area contributed by atoms with Gasteiger partial charge in [0.25, 0.3) is 0 Å². The van der Waals surface area contributed by atoms with Gasteiger partial charge >= 0.3 is 0 Å². The maximum Gasteiger partial charge on any atom is 0.182 e. The zero-order chi connectivity index (χ0) is 12.8. The molecule has 0 amide bonds. The smallest absolute Gasteiger partial charge is 0.182 e. The van der Waals surface area contributed by atoms with E-state index in [1.165, 1.54) is 0 Å². The molecule has 1 aromatic carbocycles. The highest BCUT2D eigenvalue weighted by atomic mass is 32.2. The van der Waals surface area contributed by atoms with E-state index < -0.39 is 15.1 Å². The molecule has 92 valence electrons. The van der Waals surface area contributed by atoms with Crippen molar-refractivity contribution >= 4 is 15.6 Å². The number of sulfone groups is 1. The third-order valence-corrected chi connectivity index (χ3v) is 5.47. The van der Waals surface area contributed by atoms with Gasteiger partial charge in [-0.15, -0.1) is 0 Å². The Hall–Kier alpha value is -1.16. The Kier molecular flexibility index (Phi) is 2.86. The van der Waals surface area contributed by atoms with Gasteiger partial charge in [-0.05, 0) is 30.5 Å². The molecule has 1 aliphatic rings. The van der Waals surface area contributed by atoms with Crippen molar-refractivity contribution in [3.05, 3.63) is 29.3 Å². The minimum absolute atomic E-state index is 0.0650. The van der Waals surface area contributed by atoms with E-state index in [-0.39, 0.29) is 23.0 Å². The molecule has 0 fully saturated rings. The van der Waals surface area contributed by atoms with E-state index in [1.54, 1.807) is 25.1 Å². The molecule has 1 aliphatic heterocycles. The lowest BCUT2D eigenvalue weighted by Crippen LogP contribution is -2.29. The lowest BCUT2D eigenvalue weighted by atomic mass is 9.97. The summed E-state index contributed by atoms with van der Waals surface area (Å²) in [6.45, 7) is 5.63. The van der Waals surface area contributed by atoms with Crippen LogP contribution in [0.2, 0.25) is 0 Å². The second-order valence-electron chi connectivity index (χ2n) is 4.89. The van der Waals surface area contributed by atoms with Crippen LogP contribution in [0.5, 0.6) is 0 Å². The number of rotatable bonds is 1. The Morgan fingerprint density at radius 3 is 2.53 bits per heavy atom. The number of benzene rings is 1. The predicted octanol–water partition coefficient (Wildman–Crippen LogP) is 2.56. The summed E-state index contributed by atoms with van der Waals surface area (Å²) in [7, 11) is -3.32. The van der Waals surface area contributed by atoms with E-state index in [0.29, 0.717) is 5.56 Å². The molecule has 1 unspecified atom stereocenters. The molecule has 0 N–H and O–H groups in total. The highest BCUT2D eigenvalue weighted by Gasteiger charge is 2.35. The molecule has 0 saturated heterocycles. The van der Waals surface area contributed by atoms with Crippen LogP contribution in [0.15, 0.2) is 23.1 Å². The summed E-state index contributed by atoms with van der Waals surface area (Å²) in [6.07, 6.45) is 0.0941. The second kappa shape index (κ2) is 3.95. The van der Waals surface area contributed by atoms with Crippen molar-refractivity contribution in [3.63, 3.8) is 0 Å². The Bertz CT molecular complexity index is 570. The fraction of sp³-hybridized carbons (Fsp3) is 0.462. The molecule has 0 radical (unpaired) electrons. The molecular weight excluding hydrogens is 236 g/mol. The number of Topliss-reactive ketones (excluding diaryl/α,β-unsaturated/α-hetero) is 1. The Labute approximate surface area is 102 Å². The topological polar surface area (TPSA) is 51.2 Å². The van der Waals surface area contributed by atoms with Crippen LogP contribution in [0.4, 0.5) is 0 Å². The van der Waals surface area contributed by atoms with Gasteiger partial charge in [0.2, 0.25) is 0 Å². The predicted molar refractivity (Wildman–Crippen MR) is 66.1 cm³/mol. The largest absolute Gasteiger partial charge is 0.294 e. The third-order valence-electron chi connectivity index (χ3n) is 3.28. The fourth-order valence-corrected chi connectivity index (χ4v) is 3.61. The summed E-state index contributed by atoms with van der Waals surface area (Å²) in [5.74, 6) is 0.222. The first kappa shape index (κ1) is 12.3. The molecule has 0 spiro atoms. The van der Waals surface area contributed by atoms with Crippen LogP contribution in [0, 0.1) is 0 Å². The standard InChI is InChI=1S/C13H16O3S/c1-8(2)10-4-5-13-11(7-10)12(14)6-9(3)17(13,15)16/h4-5,7-9H,6H2,1-3H3. The van der Waals surface area contributed by atoms with Crippen LogP contribution in [0.25, 0.3) is 0 Å². The average Bonchev–Trinajstić information content (AvgIpc) is 2.26. The molecule has 0 aromatic heterocycles. The Morgan fingerprint density at radius 2 is 1.94 bits per heavy atom. The van der Waals surface area contributed by atoms with Gasteiger partial charge in [0.05, 0.1) is 10.1 Å². The molecule has 0 bridgehead atoms. The lowest BCUT2D eigenvalue weighted by molar-refractivity contribution is 0.0975. The first-order valence-corrected chi connectivity index (χ1v) is 7.29. The molecule has 1 aromatic rings. The van der Waals surface area contributed by atoms with Gasteiger partial charge < -0.3 is 0 Å². The van der Waals surface area contributed by atoms with Crippen LogP contribution < -0.4 is 0 Å². The number of carbonyl (C=O) groups excluding carboxylic acids is 1. The molecule has 17 heavy (non-hydrogen) atoms. The highest BCUT2D eigenvalue weighted by Crippen LogP contribution is 2.31. The number of fused-ring (bicyclic) bond motifs is 1. The van der Waals surface area contributed by atoms with Crippen LogP contribution in [-0.2, 0) is 9.84 Å². The Morgan fingerprint density at radius 1 is 1.29 bits per heavy atom. The van der Waals surface area contributed by atoms with Crippen LogP contribution in [0.3, 0.4) is 0 Å². The van der Waals surface area contributed by atoms with Crippen molar-refractivity contribution in [1.29, 1.82) is 0 Å². The van der Waals surface area contributed by atoms with Crippen molar-refractivity contribution in [1.82, 2.24) is 0 Å². The third kappa shape index (κ3) is 1.90. The summed E-state index contributed by atoms with van der Waals surface area (Å²) < 4.78 is 24.2. The van der Waals surface area contributed by atoms with Gasteiger partial charge in [-0.2, -0.15) is 0 Å².